The lowest BCUT2D eigenvalue weighted by Gasteiger charge is -2.10. The van der Waals surface area contributed by atoms with Crippen LogP contribution in [0.5, 0.6) is 17.2 Å². The van der Waals surface area contributed by atoms with Crippen LogP contribution in [0.1, 0.15) is 23.6 Å². The fraction of sp³-hybridized carbons (Fsp3) is 0.263. The van der Waals surface area contributed by atoms with E-state index in [1.54, 1.807) is 12.1 Å². The van der Waals surface area contributed by atoms with E-state index in [1.807, 2.05) is 39.0 Å². The van der Waals surface area contributed by atoms with Crippen LogP contribution in [0.15, 0.2) is 41.5 Å². The van der Waals surface area contributed by atoms with E-state index >= 15 is 0 Å². The van der Waals surface area contributed by atoms with E-state index in [9.17, 15) is 9.90 Å². The molecule has 0 bridgehead atoms. The van der Waals surface area contributed by atoms with Crippen LogP contribution in [0, 0.1) is 13.8 Å². The Labute approximate surface area is 147 Å². The molecule has 132 valence electrons. The Hall–Kier alpha value is -3.02. The van der Waals surface area contributed by atoms with Crippen LogP contribution < -0.4 is 14.9 Å². The standard InChI is InChI=1S/C19H22N2O4/c1-4-24-17-10-15(8-9-16(17)22)11-20-21-18(23)12-25-19-13(2)6-5-7-14(19)3/h5-11,22H,4,12H2,1-3H3,(H,21,23). The van der Waals surface area contributed by atoms with Crippen LogP contribution in [0.3, 0.4) is 0 Å². The Morgan fingerprint density at radius 1 is 1.20 bits per heavy atom. The number of amides is 1. The van der Waals surface area contributed by atoms with Crippen LogP contribution in [0.2, 0.25) is 0 Å². The highest BCUT2D eigenvalue weighted by Gasteiger charge is 2.06. The number of carbonyl (C=O) groups is 1. The second kappa shape index (κ2) is 8.73. The first-order chi connectivity index (χ1) is 12.0. The molecule has 0 spiro atoms. The lowest BCUT2D eigenvalue weighted by atomic mass is 10.1. The molecule has 6 nitrogen and oxygen atoms in total. The number of carbonyl (C=O) groups excluding carboxylic acids is 1. The van der Waals surface area contributed by atoms with Crippen LogP contribution in [-0.2, 0) is 4.79 Å². The largest absolute Gasteiger partial charge is 0.504 e. The molecule has 2 aromatic carbocycles. The molecular weight excluding hydrogens is 320 g/mol. The zero-order valence-corrected chi connectivity index (χ0v) is 14.6. The molecule has 0 heterocycles. The Bertz CT molecular complexity index is 752. The highest BCUT2D eigenvalue weighted by Crippen LogP contribution is 2.26. The molecule has 0 aromatic heterocycles. The van der Waals surface area contributed by atoms with E-state index in [0.717, 1.165) is 11.1 Å². The zero-order chi connectivity index (χ0) is 18.2. The van der Waals surface area contributed by atoms with Gasteiger partial charge in [-0.3, -0.25) is 4.79 Å². The average molecular weight is 342 g/mol. The summed E-state index contributed by atoms with van der Waals surface area (Å²) in [6.45, 7) is 6.01. The van der Waals surface area contributed by atoms with Crippen molar-refractivity contribution in [3.05, 3.63) is 53.1 Å². The number of hydrogen-bond donors (Lipinski definition) is 2. The molecule has 0 aliphatic rings. The van der Waals surface area contributed by atoms with Crippen molar-refractivity contribution in [1.29, 1.82) is 0 Å². The Morgan fingerprint density at radius 2 is 1.92 bits per heavy atom. The van der Waals surface area contributed by atoms with E-state index in [2.05, 4.69) is 10.5 Å². The number of nitrogens with zero attached hydrogens (tertiary/aromatic N) is 1. The number of phenols is 1. The van der Waals surface area contributed by atoms with E-state index in [0.29, 0.717) is 23.7 Å². The van der Waals surface area contributed by atoms with Crippen molar-refractivity contribution in [2.75, 3.05) is 13.2 Å². The van der Waals surface area contributed by atoms with Crippen molar-refractivity contribution in [2.45, 2.75) is 20.8 Å². The van der Waals surface area contributed by atoms with Crippen LogP contribution in [0.25, 0.3) is 0 Å². The molecule has 0 saturated heterocycles. The van der Waals surface area contributed by atoms with E-state index in [4.69, 9.17) is 9.47 Å². The summed E-state index contributed by atoms with van der Waals surface area (Å²) < 4.78 is 10.9. The number of rotatable bonds is 7. The van der Waals surface area contributed by atoms with Gasteiger partial charge in [-0.1, -0.05) is 18.2 Å². The first-order valence-electron chi connectivity index (χ1n) is 7.98. The molecule has 0 unspecified atom stereocenters. The molecule has 0 aliphatic carbocycles. The Morgan fingerprint density at radius 3 is 2.60 bits per heavy atom. The van der Waals surface area contributed by atoms with Gasteiger partial charge in [0.25, 0.3) is 5.91 Å². The van der Waals surface area contributed by atoms with Gasteiger partial charge in [0.2, 0.25) is 0 Å². The summed E-state index contributed by atoms with van der Waals surface area (Å²) in [4.78, 5) is 11.8. The summed E-state index contributed by atoms with van der Waals surface area (Å²) in [6.07, 6.45) is 1.47. The van der Waals surface area contributed by atoms with Gasteiger partial charge >= 0.3 is 0 Å². The van der Waals surface area contributed by atoms with Gasteiger partial charge in [0.15, 0.2) is 18.1 Å². The highest BCUT2D eigenvalue weighted by atomic mass is 16.5. The van der Waals surface area contributed by atoms with Gasteiger partial charge in [0.05, 0.1) is 12.8 Å². The number of hydrogen-bond acceptors (Lipinski definition) is 5. The van der Waals surface area contributed by atoms with Gasteiger partial charge in [-0.2, -0.15) is 5.10 Å². The lowest BCUT2D eigenvalue weighted by molar-refractivity contribution is -0.123. The molecule has 0 saturated carbocycles. The monoisotopic (exact) mass is 342 g/mol. The van der Waals surface area contributed by atoms with E-state index in [1.165, 1.54) is 12.3 Å². The Balaban J connectivity index is 1.89. The van der Waals surface area contributed by atoms with Gasteiger partial charge < -0.3 is 14.6 Å². The average Bonchev–Trinajstić information content (AvgIpc) is 2.57. The van der Waals surface area contributed by atoms with Gasteiger partial charge in [-0.15, -0.1) is 0 Å². The van der Waals surface area contributed by atoms with Crippen molar-refractivity contribution in [2.24, 2.45) is 5.10 Å². The third-order valence-electron chi connectivity index (χ3n) is 3.44. The van der Waals surface area contributed by atoms with E-state index < -0.39 is 0 Å². The summed E-state index contributed by atoms with van der Waals surface area (Å²) in [7, 11) is 0. The quantitative estimate of drug-likeness (QED) is 0.599. The third-order valence-corrected chi connectivity index (χ3v) is 3.44. The minimum atomic E-state index is -0.359. The minimum absolute atomic E-state index is 0.0602. The number of hydrazone groups is 1. The summed E-state index contributed by atoms with van der Waals surface area (Å²) >= 11 is 0. The molecule has 0 atom stereocenters. The maximum absolute atomic E-state index is 11.8. The second-order valence-electron chi connectivity index (χ2n) is 5.46. The van der Waals surface area contributed by atoms with E-state index in [-0.39, 0.29) is 18.3 Å². The van der Waals surface area contributed by atoms with Crippen molar-refractivity contribution in [3.63, 3.8) is 0 Å². The molecule has 1 amide bonds. The number of para-hydroxylation sites is 1. The maximum Gasteiger partial charge on any atom is 0.277 e. The topological polar surface area (TPSA) is 80.2 Å². The third kappa shape index (κ3) is 5.24. The molecular formula is C19H22N2O4. The highest BCUT2D eigenvalue weighted by molar-refractivity contribution is 5.83. The molecule has 0 fully saturated rings. The van der Waals surface area contributed by atoms with Crippen molar-refractivity contribution in [1.82, 2.24) is 5.43 Å². The summed E-state index contributed by atoms with van der Waals surface area (Å²) in [5.41, 5.74) is 5.05. The number of aromatic hydroxyl groups is 1. The first-order valence-corrected chi connectivity index (χ1v) is 7.98. The van der Waals surface area contributed by atoms with Crippen LogP contribution in [0.4, 0.5) is 0 Å². The second-order valence-corrected chi connectivity index (χ2v) is 5.46. The van der Waals surface area contributed by atoms with Crippen LogP contribution in [-0.4, -0.2) is 30.4 Å². The minimum Gasteiger partial charge on any atom is -0.504 e. The SMILES string of the molecule is CCOc1cc(C=NNC(=O)COc2c(C)cccc2C)ccc1O. The van der Waals surface area contributed by atoms with Gasteiger partial charge in [0.1, 0.15) is 5.75 Å². The predicted molar refractivity (Wildman–Crippen MR) is 96.4 cm³/mol. The normalized spacial score (nSPS) is 10.7. The predicted octanol–water partition coefficient (Wildman–Crippen LogP) is 2.94. The number of phenolic OH excluding ortho intramolecular Hbond substituents is 1. The molecule has 25 heavy (non-hydrogen) atoms. The van der Waals surface area contributed by atoms with Gasteiger partial charge in [-0.25, -0.2) is 5.43 Å². The molecule has 2 aromatic rings. The lowest BCUT2D eigenvalue weighted by Crippen LogP contribution is -2.25. The fourth-order valence-electron chi connectivity index (χ4n) is 2.26. The Kier molecular flexibility index (Phi) is 6.39. The number of nitrogens with one attached hydrogen (secondary N) is 1. The number of benzene rings is 2. The summed E-state index contributed by atoms with van der Waals surface area (Å²) in [5.74, 6) is 0.783. The van der Waals surface area contributed by atoms with Gasteiger partial charge in [0, 0.05) is 0 Å². The molecule has 6 heteroatoms. The van der Waals surface area contributed by atoms with Crippen molar-refractivity contribution in [3.8, 4) is 17.2 Å². The first kappa shape index (κ1) is 18.3. The number of ether oxygens (including phenoxy) is 2. The van der Waals surface area contributed by atoms with Crippen molar-refractivity contribution >= 4 is 12.1 Å². The van der Waals surface area contributed by atoms with Crippen LogP contribution >= 0.6 is 0 Å². The van der Waals surface area contributed by atoms with Crippen molar-refractivity contribution < 1.29 is 19.4 Å². The summed E-state index contributed by atoms with van der Waals surface area (Å²) in [5, 5.41) is 13.5. The molecule has 2 rings (SSSR count). The maximum atomic E-state index is 11.8. The zero-order valence-electron chi connectivity index (χ0n) is 14.6. The summed E-state index contributed by atoms with van der Waals surface area (Å²) in [6, 6.07) is 10.6. The molecule has 0 radical (unpaired) electrons. The smallest absolute Gasteiger partial charge is 0.277 e. The van der Waals surface area contributed by atoms with Gasteiger partial charge in [-0.05, 0) is 55.7 Å². The fourth-order valence-corrected chi connectivity index (χ4v) is 2.26. The molecule has 0 aliphatic heterocycles. The molecule has 2 N–H and O–H groups in total. The number of aryl methyl sites for hydroxylation is 2.